The van der Waals surface area contributed by atoms with Crippen LogP contribution in [0.3, 0.4) is 0 Å². The fourth-order valence-electron chi connectivity index (χ4n) is 2.79. The van der Waals surface area contributed by atoms with Gasteiger partial charge in [0.25, 0.3) is 0 Å². The number of hydrogen-bond acceptors (Lipinski definition) is 6. The maximum atomic E-state index is 12.0. The number of anilines is 1. The largest absolute Gasteiger partial charge is 0.467 e. The summed E-state index contributed by atoms with van der Waals surface area (Å²) in [6, 6.07) is 7.09. The maximum Gasteiger partial charge on any atom is 0.330 e. The Bertz CT molecular complexity index is 749. The van der Waals surface area contributed by atoms with Crippen molar-refractivity contribution in [2.24, 2.45) is 0 Å². The smallest absolute Gasteiger partial charge is 0.330 e. The predicted molar refractivity (Wildman–Crippen MR) is 84.9 cm³/mol. The van der Waals surface area contributed by atoms with Gasteiger partial charge in [0, 0.05) is 31.6 Å². The Morgan fingerprint density at radius 1 is 1.26 bits per heavy atom. The fourth-order valence-corrected chi connectivity index (χ4v) is 2.79. The van der Waals surface area contributed by atoms with Crippen LogP contribution >= 0.6 is 0 Å². The molecule has 23 heavy (non-hydrogen) atoms. The van der Waals surface area contributed by atoms with Gasteiger partial charge in [-0.3, -0.25) is 4.79 Å². The lowest BCUT2D eigenvalue weighted by Crippen LogP contribution is -2.58. The molecule has 120 valence electrons. The molecular formula is C16H18N4O3. The first-order chi connectivity index (χ1) is 11.1. The maximum absolute atomic E-state index is 12.0. The Balaban J connectivity index is 1.87. The topological polar surface area (TPSA) is 75.6 Å². The van der Waals surface area contributed by atoms with Gasteiger partial charge in [-0.1, -0.05) is 18.2 Å². The van der Waals surface area contributed by atoms with E-state index < -0.39 is 12.0 Å². The van der Waals surface area contributed by atoms with Crippen LogP contribution in [-0.2, 0) is 14.3 Å². The number of piperazine rings is 1. The van der Waals surface area contributed by atoms with E-state index in [9.17, 15) is 9.59 Å². The Labute approximate surface area is 133 Å². The lowest BCUT2D eigenvalue weighted by Gasteiger charge is -2.39. The molecule has 1 unspecified atom stereocenters. The summed E-state index contributed by atoms with van der Waals surface area (Å²) in [7, 11) is 1.33. The highest BCUT2D eigenvalue weighted by Gasteiger charge is 2.35. The number of esters is 1. The summed E-state index contributed by atoms with van der Waals surface area (Å²) >= 11 is 0. The molecule has 0 saturated carbocycles. The second-order valence-corrected chi connectivity index (χ2v) is 5.43. The van der Waals surface area contributed by atoms with Crippen molar-refractivity contribution in [3.8, 4) is 0 Å². The van der Waals surface area contributed by atoms with E-state index in [1.807, 2.05) is 29.2 Å². The van der Waals surface area contributed by atoms with Crippen LogP contribution in [0.2, 0.25) is 0 Å². The summed E-state index contributed by atoms with van der Waals surface area (Å²) in [6.45, 7) is 2.79. The average molecular weight is 314 g/mol. The third-order valence-corrected chi connectivity index (χ3v) is 4.02. The summed E-state index contributed by atoms with van der Waals surface area (Å²) in [5.74, 6) is -0.00836. The monoisotopic (exact) mass is 314 g/mol. The van der Waals surface area contributed by atoms with Crippen LogP contribution in [0.15, 0.2) is 30.5 Å². The van der Waals surface area contributed by atoms with Gasteiger partial charge in [-0.05, 0) is 6.07 Å². The van der Waals surface area contributed by atoms with E-state index in [-0.39, 0.29) is 5.91 Å². The number of fused-ring (bicyclic) bond motifs is 1. The lowest BCUT2D eigenvalue weighted by molar-refractivity contribution is -0.152. The number of methoxy groups -OCH3 is 1. The minimum atomic E-state index is -0.638. The highest BCUT2D eigenvalue weighted by Crippen LogP contribution is 2.19. The van der Waals surface area contributed by atoms with Crippen LogP contribution in [0.1, 0.15) is 6.92 Å². The van der Waals surface area contributed by atoms with Crippen molar-refractivity contribution in [2.75, 3.05) is 31.6 Å². The second-order valence-electron chi connectivity index (χ2n) is 5.43. The molecule has 7 heteroatoms. The molecule has 1 fully saturated rings. The number of carbonyl (C=O) groups excluding carboxylic acids is 2. The molecule has 1 aliphatic heterocycles. The fraction of sp³-hybridized carbons (Fsp3) is 0.375. The van der Waals surface area contributed by atoms with Crippen LogP contribution in [0, 0.1) is 0 Å². The Morgan fingerprint density at radius 2 is 2.04 bits per heavy atom. The predicted octanol–water partition coefficient (Wildman–Crippen LogP) is 0.840. The van der Waals surface area contributed by atoms with Crippen molar-refractivity contribution in [2.45, 2.75) is 13.0 Å². The van der Waals surface area contributed by atoms with Crippen molar-refractivity contribution < 1.29 is 14.3 Å². The summed E-state index contributed by atoms with van der Waals surface area (Å²) in [6.07, 6.45) is 1.77. The quantitative estimate of drug-likeness (QED) is 0.765. The van der Waals surface area contributed by atoms with E-state index in [0.29, 0.717) is 25.6 Å². The third-order valence-electron chi connectivity index (χ3n) is 4.02. The molecule has 1 aromatic carbocycles. The van der Waals surface area contributed by atoms with Gasteiger partial charge in [-0.2, -0.15) is 0 Å². The average Bonchev–Trinajstić information content (AvgIpc) is 2.60. The molecule has 3 rings (SSSR count). The minimum absolute atomic E-state index is 0.139. The first-order valence-electron chi connectivity index (χ1n) is 7.42. The molecule has 1 saturated heterocycles. The standard InChI is InChI=1S/C16H18N4O3/c1-11(21)20-8-7-19(10-14(20)15(22)23-2)16-17-9-12-5-3-4-6-13(12)18-16/h3-6,9,14H,7-8,10H2,1-2H3. The van der Waals surface area contributed by atoms with Gasteiger partial charge in [-0.25, -0.2) is 14.8 Å². The first kappa shape index (κ1) is 15.2. The summed E-state index contributed by atoms with van der Waals surface area (Å²) in [5.41, 5.74) is 0.848. The van der Waals surface area contributed by atoms with Gasteiger partial charge < -0.3 is 14.5 Å². The summed E-state index contributed by atoms with van der Waals surface area (Å²) < 4.78 is 4.82. The second kappa shape index (κ2) is 6.20. The highest BCUT2D eigenvalue weighted by atomic mass is 16.5. The van der Waals surface area contributed by atoms with Crippen LogP contribution in [0.5, 0.6) is 0 Å². The number of ether oxygens (including phenoxy) is 1. The van der Waals surface area contributed by atoms with E-state index >= 15 is 0 Å². The SMILES string of the molecule is COC(=O)C1CN(c2ncc3ccccc3n2)CCN1C(C)=O. The summed E-state index contributed by atoms with van der Waals surface area (Å²) in [5, 5.41) is 0.961. The van der Waals surface area contributed by atoms with Crippen molar-refractivity contribution in [3.63, 3.8) is 0 Å². The van der Waals surface area contributed by atoms with Crippen LogP contribution in [0.25, 0.3) is 10.9 Å². The minimum Gasteiger partial charge on any atom is -0.467 e. The zero-order chi connectivity index (χ0) is 16.4. The molecule has 2 aromatic rings. The molecule has 0 aliphatic carbocycles. The molecule has 0 spiro atoms. The van der Waals surface area contributed by atoms with E-state index in [2.05, 4.69) is 9.97 Å². The van der Waals surface area contributed by atoms with Gasteiger partial charge in [0.15, 0.2) is 0 Å². The van der Waals surface area contributed by atoms with Gasteiger partial charge >= 0.3 is 5.97 Å². The van der Waals surface area contributed by atoms with Crippen molar-refractivity contribution in [1.29, 1.82) is 0 Å². The molecule has 1 aliphatic rings. The number of aromatic nitrogens is 2. The molecule has 2 heterocycles. The number of carbonyl (C=O) groups is 2. The molecule has 0 bridgehead atoms. The lowest BCUT2D eigenvalue weighted by atomic mass is 10.1. The normalized spacial score (nSPS) is 18.1. The number of rotatable bonds is 2. The highest BCUT2D eigenvalue weighted by molar-refractivity contribution is 5.84. The van der Waals surface area contributed by atoms with E-state index in [4.69, 9.17) is 4.74 Å². The zero-order valence-corrected chi connectivity index (χ0v) is 13.1. The Kier molecular flexibility index (Phi) is 4.10. The number of para-hydroxylation sites is 1. The van der Waals surface area contributed by atoms with E-state index in [0.717, 1.165) is 10.9 Å². The Hall–Kier alpha value is -2.70. The van der Waals surface area contributed by atoms with E-state index in [1.165, 1.54) is 18.9 Å². The molecule has 1 atom stereocenters. The molecule has 7 nitrogen and oxygen atoms in total. The number of hydrogen-bond donors (Lipinski definition) is 0. The van der Waals surface area contributed by atoms with Gasteiger partial charge in [0.05, 0.1) is 19.2 Å². The molecule has 0 N–H and O–H groups in total. The van der Waals surface area contributed by atoms with Gasteiger partial charge in [0.1, 0.15) is 6.04 Å². The van der Waals surface area contributed by atoms with Crippen LogP contribution < -0.4 is 4.90 Å². The van der Waals surface area contributed by atoms with Crippen LogP contribution in [-0.4, -0.2) is 59.5 Å². The Morgan fingerprint density at radius 3 is 2.78 bits per heavy atom. The molecule has 1 aromatic heterocycles. The van der Waals surface area contributed by atoms with Crippen molar-refractivity contribution >= 4 is 28.7 Å². The first-order valence-corrected chi connectivity index (χ1v) is 7.42. The van der Waals surface area contributed by atoms with Crippen molar-refractivity contribution in [3.05, 3.63) is 30.5 Å². The molecule has 1 amide bonds. The van der Waals surface area contributed by atoms with E-state index in [1.54, 1.807) is 6.20 Å². The molecular weight excluding hydrogens is 296 g/mol. The number of benzene rings is 1. The third kappa shape index (κ3) is 2.94. The number of amides is 1. The number of nitrogens with zero attached hydrogens (tertiary/aromatic N) is 4. The zero-order valence-electron chi connectivity index (χ0n) is 13.1. The van der Waals surface area contributed by atoms with Gasteiger partial charge in [0.2, 0.25) is 11.9 Å². The summed E-state index contributed by atoms with van der Waals surface area (Å²) in [4.78, 5) is 36.1. The van der Waals surface area contributed by atoms with Crippen molar-refractivity contribution in [1.82, 2.24) is 14.9 Å². The molecule has 0 radical (unpaired) electrons. The van der Waals surface area contributed by atoms with Crippen LogP contribution in [0.4, 0.5) is 5.95 Å². The van der Waals surface area contributed by atoms with Gasteiger partial charge in [-0.15, -0.1) is 0 Å².